The molecule has 1 unspecified atom stereocenters. The van der Waals surface area contributed by atoms with Gasteiger partial charge in [-0.05, 0) is 43.9 Å². The average Bonchev–Trinajstić information content (AvgIpc) is 3.12. The van der Waals surface area contributed by atoms with Crippen molar-refractivity contribution in [2.24, 2.45) is 0 Å². The standard InChI is InChI=1S/C16H21N3O2S3/c1-19(10-7-8-24(20,21)9-10)14-13-11-5-3-4-6-12(11)23-15(13)18-16(17-14)22-2/h10H,3-9H2,1-2H3. The molecular weight excluding hydrogens is 362 g/mol. The van der Waals surface area contributed by atoms with Crippen molar-refractivity contribution < 1.29 is 8.42 Å². The first kappa shape index (κ1) is 16.6. The Morgan fingerprint density at radius 1 is 1.25 bits per heavy atom. The van der Waals surface area contributed by atoms with Gasteiger partial charge in [-0.3, -0.25) is 0 Å². The maximum absolute atomic E-state index is 11.9. The quantitative estimate of drug-likeness (QED) is 0.600. The van der Waals surface area contributed by atoms with Crippen LogP contribution >= 0.6 is 23.1 Å². The predicted octanol–water partition coefficient (Wildman–Crippen LogP) is 2.92. The Morgan fingerprint density at radius 2 is 2.04 bits per heavy atom. The van der Waals surface area contributed by atoms with Gasteiger partial charge in [-0.1, -0.05) is 11.8 Å². The van der Waals surface area contributed by atoms with Crippen LogP contribution in [0.15, 0.2) is 5.16 Å². The first-order chi connectivity index (χ1) is 11.5. The Bertz CT molecular complexity index is 892. The van der Waals surface area contributed by atoms with Crippen LogP contribution < -0.4 is 4.90 Å². The molecule has 1 aliphatic carbocycles. The molecule has 2 aliphatic rings. The van der Waals surface area contributed by atoms with Gasteiger partial charge in [-0.25, -0.2) is 18.4 Å². The van der Waals surface area contributed by atoms with Crippen molar-refractivity contribution in [3.8, 4) is 0 Å². The molecule has 0 bridgehead atoms. The second-order valence-electron chi connectivity index (χ2n) is 6.59. The number of sulfone groups is 1. The van der Waals surface area contributed by atoms with Crippen LogP contribution in [0.1, 0.15) is 29.7 Å². The second-order valence-corrected chi connectivity index (χ2v) is 10.7. The van der Waals surface area contributed by atoms with E-state index in [9.17, 15) is 8.42 Å². The summed E-state index contributed by atoms with van der Waals surface area (Å²) in [4.78, 5) is 14.1. The summed E-state index contributed by atoms with van der Waals surface area (Å²) in [6.07, 6.45) is 7.34. The van der Waals surface area contributed by atoms with E-state index in [1.807, 2.05) is 13.3 Å². The van der Waals surface area contributed by atoms with E-state index in [1.54, 1.807) is 23.1 Å². The molecule has 2 aromatic rings. The van der Waals surface area contributed by atoms with Gasteiger partial charge in [0.1, 0.15) is 10.6 Å². The summed E-state index contributed by atoms with van der Waals surface area (Å²) in [6, 6.07) is 0.0157. The van der Waals surface area contributed by atoms with E-state index in [1.165, 1.54) is 28.7 Å². The largest absolute Gasteiger partial charge is 0.355 e. The molecule has 1 aliphatic heterocycles. The fourth-order valence-electron chi connectivity index (χ4n) is 3.72. The van der Waals surface area contributed by atoms with Gasteiger partial charge < -0.3 is 4.90 Å². The Labute approximate surface area is 150 Å². The van der Waals surface area contributed by atoms with Crippen LogP contribution in [0.3, 0.4) is 0 Å². The summed E-state index contributed by atoms with van der Waals surface area (Å²) in [5, 5.41) is 1.93. The van der Waals surface area contributed by atoms with Crippen LogP contribution in [-0.2, 0) is 22.7 Å². The zero-order valence-corrected chi connectivity index (χ0v) is 16.4. The molecule has 1 fully saturated rings. The van der Waals surface area contributed by atoms with E-state index in [4.69, 9.17) is 9.97 Å². The van der Waals surface area contributed by atoms with Crippen molar-refractivity contribution in [2.45, 2.75) is 43.3 Å². The zero-order chi connectivity index (χ0) is 16.9. The van der Waals surface area contributed by atoms with Crippen LogP contribution in [0.4, 0.5) is 5.82 Å². The Balaban J connectivity index is 1.85. The first-order valence-electron chi connectivity index (χ1n) is 8.28. The second kappa shape index (κ2) is 6.14. The monoisotopic (exact) mass is 383 g/mol. The lowest BCUT2D eigenvalue weighted by Crippen LogP contribution is -2.33. The number of nitrogens with zero attached hydrogens (tertiary/aromatic N) is 3. The van der Waals surface area contributed by atoms with Crippen molar-refractivity contribution in [1.29, 1.82) is 0 Å². The molecule has 130 valence electrons. The maximum atomic E-state index is 11.9. The Kier molecular flexibility index (Phi) is 4.25. The van der Waals surface area contributed by atoms with Crippen LogP contribution in [0.25, 0.3) is 10.2 Å². The third-order valence-electron chi connectivity index (χ3n) is 5.05. The zero-order valence-electron chi connectivity index (χ0n) is 13.9. The number of thiophene rings is 1. The number of hydrogen-bond donors (Lipinski definition) is 0. The third-order valence-corrected chi connectivity index (χ3v) is 8.53. The SMILES string of the molecule is CSc1nc(N(C)C2CCS(=O)(=O)C2)c2c3c(sc2n1)CCCC3. The van der Waals surface area contributed by atoms with Gasteiger partial charge in [0.15, 0.2) is 15.0 Å². The minimum atomic E-state index is -2.91. The highest BCUT2D eigenvalue weighted by Gasteiger charge is 2.33. The molecule has 0 amide bonds. The number of anilines is 1. The molecule has 2 aromatic heterocycles. The summed E-state index contributed by atoms with van der Waals surface area (Å²) in [5.74, 6) is 1.44. The number of hydrogen-bond acceptors (Lipinski definition) is 7. The third kappa shape index (κ3) is 2.82. The van der Waals surface area contributed by atoms with E-state index >= 15 is 0 Å². The number of aromatic nitrogens is 2. The van der Waals surface area contributed by atoms with E-state index in [0.29, 0.717) is 6.42 Å². The van der Waals surface area contributed by atoms with Crippen molar-refractivity contribution in [2.75, 3.05) is 29.7 Å². The molecule has 4 rings (SSSR count). The van der Waals surface area contributed by atoms with Gasteiger partial charge in [0.25, 0.3) is 0 Å². The van der Waals surface area contributed by atoms with E-state index in [0.717, 1.165) is 28.6 Å². The summed E-state index contributed by atoms with van der Waals surface area (Å²) >= 11 is 3.34. The van der Waals surface area contributed by atoms with E-state index in [2.05, 4.69) is 4.90 Å². The minimum Gasteiger partial charge on any atom is -0.355 e. The van der Waals surface area contributed by atoms with Crippen LogP contribution in [-0.4, -0.2) is 49.2 Å². The smallest absolute Gasteiger partial charge is 0.190 e. The lowest BCUT2D eigenvalue weighted by molar-refractivity contribution is 0.600. The van der Waals surface area contributed by atoms with Gasteiger partial charge in [-0.15, -0.1) is 11.3 Å². The summed E-state index contributed by atoms with van der Waals surface area (Å²) in [7, 11) is -0.919. The number of thioether (sulfide) groups is 1. The van der Waals surface area contributed by atoms with Gasteiger partial charge in [0.05, 0.1) is 16.9 Å². The maximum Gasteiger partial charge on any atom is 0.190 e. The lowest BCUT2D eigenvalue weighted by atomic mass is 9.97. The predicted molar refractivity (Wildman–Crippen MR) is 101 cm³/mol. The molecule has 0 aromatic carbocycles. The molecule has 3 heterocycles. The van der Waals surface area contributed by atoms with Gasteiger partial charge >= 0.3 is 0 Å². The minimum absolute atomic E-state index is 0.0157. The highest BCUT2D eigenvalue weighted by molar-refractivity contribution is 7.98. The van der Waals surface area contributed by atoms with Crippen LogP contribution in [0, 0.1) is 0 Å². The summed E-state index contributed by atoms with van der Waals surface area (Å²) in [5.41, 5.74) is 1.40. The number of aryl methyl sites for hydroxylation is 2. The number of rotatable bonds is 3. The molecular formula is C16H21N3O2S3. The lowest BCUT2D eigenvalue weighted by Gasteiger charge is -2.26. The molecule has 0 saturated carbocycles. The molecule has 0 radical (unpaired) electrons. The number of fused-ring (bicyclic) bond motifs is 3. The summed E-state index contributed by atoms with van der Waals surface area (Å²) < 4.78 is 23.8. The topological polar surface area (TPSA) is 63.2 Å². The summed E-state index contributed by atoms with van der Waals surface area (Å²) in [6.45, 7) is 0. The van der Waals surface area contributed by atoms with Crippen molar-refractivity contribution >= 4 is 49.0 Å². The average molecular weight is 384 g/mol. The fourth-order valence-corrected chi connectivity index (χ4v) is 7.17. The van der Waals surface area contributed by atoms with Crippen LogP contribution in [0.2, 0.25) is 0 Å². The Hall–Kier alpha value is -0.860. The van der Waals surface area contributed by atoms with Crippen molar-refractivity contribution in [3.63, 3.8) is 0 Å². The van der Waals surface area contributed by atoms with E-state index < -0.39 is 9.84 Å². The van der Waals surface area contributed by atoms with Crippen molar-refractivity contribution in [3.05, 3.63) is 10.4 Å². The normalized spacial score (nSPS) is 22.7. The molecule has 5 nitrogen and oxygen atoms in total. The van der Waals surface area contributed by atoms with Gasteiger partial charge in [0.2, 0.25) is 0 Å². The molecule has 1 atom stereocenters. The first-order valence-corrected chi connectivity index (χ1v) is 12.1. The molecule has 0 spiro atoms. The molecule has 24 heavy (non-hydrogen) atoms. The molecule has 1 saturated heterocycles. The Morgan fingerprint density at radius 3 is 2.75 bits per heavy atom. The van der Waals surface area contributed by atoms with Gasteiger partial charge in [0, 0.05) is 18.0 Å². The molecule has 8 heteroatoms. The van der Waals surface area contributed by atoms with Crippen molar-refractivity contribution in [1.82, 2.24) is 9.97 Å². The van der Waals surface area contributed by atoms with Gasteiger partial charge in [-0.2, -0.15) is 0 Å². The fraction of sp³-hybridized carbons (Fsp3) is 0.625. The van der Waals surface area contributed by atoms with E-state index in [-0.39, 0.29) is 17.5 Å². The van der Waals surface area contributed by atoms with Crippen LogP contribution in [0.5, 0.6) is 0 Å². The highest BCUT2D eigenvalue weighted by atomic mass is 32.2. The highest BCUT2D eigenvalue weighted by Crippen LogP contribution is 2.41. The molecule has 0 N–H and O–H groups in total.